The van der Waals surface area contributed by atoms with Crippen LogP contribution in [0.25, 0.3) is 11.1 Å². The van der Waals surface area contributed by atoms with Crippen molar-refractivity contribution in [2.24, 2.45) is 0 Å². The summed E-state index contributed by atoms with van der Waals surface area (Å²) in [6, 6.07) is 19.9. The zero-order chi connectivity index (χ0) is 39.1. The van der Waals surface area contributed by atoms with E-state index in [-0.39, 0.29) is 27.4 Å². The van der Waals surface area contributed by atoms with E-state index < -0.39 is 65.5 Å². The topological polar surface area (TPSA) is 149 Å². The third kappa shape index (κ3) is 9.13. The van der Waals surface area contributed by atoms with Gasteiger partial charge < -0.3 is 29.5 Å². The van der Waals surface area contributed by atoms with Crippen molar-refractivity contribution < 1.29 is 56.5 Å². The van der Waals surface area contributed by atoms with Crippen molar-refractivity contribution in [3.05, 3.63) is 118 Å². The van der Waals surface area contributed by atoms with Crippen molar-refractivity contribution in [3.8, 4) is 16.9 Å². The number of carbonyl (C=O) groups excluding carboxylic acids is 4. The molecule has 2 N–H and O–H groups in total. The third-order valence-electron chi connectivity index (χ3n) is 8.11. The van der Waals surface area contributed by atoms with Crippen molar-refractivity contribution >= 4 is 47.2 Å². The van der Waals surface area contributed by atoms with E-state index in [1.165, 1.54) is 61.5 Å². The lowest BCUT2D eigenvalue weighted by atomic mass is 9.81. The minimum absolute atomic E-state index is 0.0227. The predicted molar refractivity (Wildman–Crippen MR) is 188 cm³/mol. The number of esters is 1. The minimum atomic E-state index is -4.55. The molecule has 0 heterocycles. The first-order valence-electron chi connectivity index (χ1n) is 16.0. The van der Waals surface area contributed by atoms with Gasteiger partial charge in [0.05, 0.1) is 27.9 Å². The van der Waals surface area contributed by atoms with Crippen LogP contribution in [0.15, 0.2) is 91.0 Å². The smallest absolute Gasteiger partial charge is 0.480 e. The number of nitrogens with one attached hydrogen (secondary N) is 1. The quantitative estimate of drug-likeness (QED) is 0.0838. The Labute approximate surface area is 307 Å². The van der Waals surface area contributed by atoms with E-state index in [0.29, 0.717) is 17.5 Å². The first-order chi connectivity index (χ1) is 25.0. The summed E-state index contributed by atoms with van der Waals surface area (Å²) in [4.78, 5) is 67.0. The fourth-order valence-electron chi connectivity index (χ4n) is 5.02. The number of alkyl halides is 3. The fourth-order valence-corrected chi connectivity index (χ4v) is 5.22. The molecule has 0 saturated carbocycles. The zero-order valence-corrected chi connectivity index (χ0v) is 29.6. The van der Waals surface area contributed by atoms with Crippen molar-refractivity contribution in [3.63, 3.8) is 0 Å². The van der Waals surface area contributed by atoms with Crippen molar-refractivity contribution in [1.29, 1.82) is 0 Å². The maximum atomic E-state index is 13.6. The summed E-state index contributed by atoms with van der Waals surface area (Å²) in [7, 11) is 2.84. The summed E-state index contributed by atoms with van der Waals surface area (Å²) < 4.78 is 55.2. The summed E-state index contributed by atoms with van der Waals surface area (Å²) in [5, 5.41) is 12.6. The number of benzene rings is 4. The van der Waals surface area contributed by atoms with Crippen molar-refractivity contribution in [1.82, 2.24) is 4.90 Å². The molecule has 2 amide bonds. The van der Waals surface area contributed by atoms with E-state index >= 15 is 0 Å². The van der Waals surface area contributed by atoms with Crippen molar-refractivity contribution in [2.75, 3.05) is 26.0 Å². The average Bonchev–Trinajstić information content (AvgIpc) is 3.12. The Morgan fingerprint density at radius 2 is 1.49 bits per heavy atom. The van der Waals surface area contributed by atoms with Gasteiger partial charge in [-0.2, -0.15) is 13.2 Å². The van der Waals surface area contributed by atoms with Crippen LogP contribution < -0.4 is 10.1 Å². The van der Waals surface area contributed by atoms with Crippen LogP contribution in [-0.4, -0.2) is 66.7 Å². The van der Waals surface area contributed by atoms with Gasteiger partial charge in [0.1, 0.15) is 6.61 Å². The molecule has 2 atom stereocenters. The number of hydrogen-bond donors (Lipinski definition) is 2. The Balaban J connectivity index is 1.63. The van der Waals surface area contributed by atoms with Gasteiger partial charge in [0.2, 0.25) is 5.41 Å². The van der Waals surface area contributed by atoms with Crippen LogP contribution in [0.2, 0.25) is 5.02 Å². The summed E-state index contributed by atoms with van der Waals surface area (Å²) in [6.45, 7) is 2.27. The molecule has 15 heteroatoms. The summed E-state index contributed by atoms with van der Waals surface area (Å²) in [5.41, 5.74) is -2.97. The molecular formula is C38H34ClF3N2O9. The molecule has 0 aliphatic rings. The van der Waals surface area contributed by atoms with Gasteiger partial charge in [-0.15, -0.1) is 0 Å². The van der Waals surface area contributed by atoms with Gasteiger partial charge >= 0.3 is 24.3 Å². The molecule has 0 aliphatic heterocycles. The van der Waals surface area contributed by atoms with Crippen LogP contribution in [0.4, 0.5) is 23.7 Å². The molecule has 53 heavy (non-hydrogen) atoms. The number of aliphatic carboxylic acids is 1. The lowest BCUT2D eigenvalue weighted by Crippen LogP contribution is -2.50. The number of amides is 2. The van der Waals surface area contributed by atoms with Gasteiger partial charge in [0.25, 0.3) is 11.8 Å². The molecule has 0 radical (unpaired) electrons. The third-order valence-corrected chi connectivity index (χ3v) is 8.41. The molecule has 4 rings (SSSR count). The van der Waals surface area contributed by atoms with Gasteiger partial charge in [-0.3, -0.25) is 19.2 Å². The first-order valence-corrected chi connectivity index (χ1v) is 16.3. The average molecular weight is 755 g/mol. The molecule has 278 valence electrons. The van der Waals surface area contributed by atoms with E-state index in [4.69, 9.17) is 25.8 Å². The van der Waals surface area contributed by atoms with Crippen LogP contribution in [0.1, 0.15) is 52.1 Å². The maximum Gasteiger partial charge on any atom is 0.513 e. The molecule has 0 aromatic heterocycles. The highest BCUT2D eigenvalue weighted by Crippen LogP contribution is 2.35. The van der Waals surface area contributed by atoms with Gasteiger partial charge in [0.15, 0.2) is 5.75 Å². The standard InChI is InChI=1S/C38H34ClF3N2O9/c1-5-22(2)52-35(49)37(34(47)48,24-11-7-6-8-12-24)21-51-36(50)53-31-19-28(33(46)44(3)4)30(20-29(31)39)43-32(45)27-14-10-9-13-26(27)23-15-17-25(18-16-23)38(40,41)42/h6-20,22H,5,21H2,1-4H3,(H,43,45)(H,47,48). The first kappa shape index (κ1) is 39.9. The van der Waals surface area contributed by atoms with Crippen molar-refractivity contribution in [2.45, 2.75) is 38.0 Å². The Morgan fingerprint density at radius 1 is 0.868 bits per heavy atom. The maximum absolute atomic E-state index is 13.6. The van der Waals surface area contributed by atoms with Crippen LogP contribution >= 0.6 is 11.6 Å². The number of hydrogen-bond acceptors (Lipinski definition) is 8. The molecule has 11 nitrogen and oxygen atoms in total. The second kappa shape index (κ2) is 16.6. The Bertz CT molecular complexity index is 2000. The van der Waals surface area contributed by atoms with Crippen LogP contribution in [-0.2, 0) is 30.7 Å². The largest absolute Gasteiger partial charge is 0.513 e. The molecule has 0 aliphatic carbocycles. The van der Waals surface area contributed by atoms with E-state index in [1.807, 2.05) is 0 Å². The Morgan fingerprint density at radius 3 is 2.08 bits per heavy atom. The lowest BCUT2D eigenvalue weighted by molar-refractivity contribution is -0.167. The van der Waals surface area contributed by atoms with Crippen LogP contribution in [0, 0.1) is 0 Å². The van der Waals surface area contributed by atoms with Gasteiger partial charge in [-0.25, -0.2) is 4.79 Å². The summed E-state index contributed by atoms with van der Waals surface area (Å²) in [5.74, 6) is -4.63. The van der Waals surface area contributed by atoms with E-state index in [9.17, 15) is 42.3 Å². The molecule has 2 unspecified atom stereocenters. The van der Waals surface area contributed by atoms with Crippen LogP contribution in [0.3, 0.4) is 0 Å². The van der Waals surface area contributed by atoms with E-state index in [2.05, 4.69) is 5.32 Å². The Hall–Kier alpha value is -5.89. The monoisotopic (exact) mass is 754 g/mol. The highest BCUT2D eigenvalue weighted by atomic mass is 35.5. The number of halogens is 4. The van der Waals surface area contributed by atoms with Crippen LogP contribution in [0.5, 0.6) is 5.75 Å². The van der Waals surface area contributed by atoms with Gasteiger partial charge in [-0.1, -0.05) is 79.2 Å². The summed E-state index contributed by atoms with van der Waals surface area (Å²) in [6.07, 6.45) is -6.30. The molecule has 4 aromatic carbocycles. The molecule has 0 bridgehead atoms. The summed E-state index contributed by atoms with van der Waals surface area (Å²) >= 11 is 6.43. The number of anilines is 1. The highest BCUT2D eigenvalue weighted by Gasteiger charge is 2.52. The second-order valence-corrected chi connectivity index (χ2v) is 12.4. The van der Waals surface area contributed by atoms with Gasteiger partial charge in [0, 0.05) is 19.7 Å². The number of carboxylic acid groups (broad SMARTS) is 1. The molecule has 0 saturated heterocycles. The number of rotatable bonds is 12. The predicted octanol–water partition coefficient (Wildman–Crippen LogP) is 7.86. The second-order valence-electron chi connectivity index (χ2n) is 11.9. The molecule has 4 aromatic rings. The zero-order valence-electron chi connectivity index (χ0n) is 28.8. The number of ether oxygens (including phenoxy) is 3. The SMILES string of the molecule is CCC(C)OC(=O)C(COC(=O)Oc1cc(C(=O)N(C)C)c(NC(=O)c2ccccc2-c2ccc(C(F)(F)F)cc2)cc1Cl)(C(=O)O)c1ccccc1. The normalized spacial score (nSPS) is 12.8. The molecule has 0 spiro atoms. The molecule has 0 fully saturated rings. The number of nitrogens with zero attached hydrogens (tertiary/aromatic N) is 1. The van der Waals surface area contributed by atoms with Gasteiger partial charge in [-0.05, 0) is 60.4 Å². The molecular weight excluding hydrogens is 721 g/mol. The number of carboxylic acids is 1. The highest BCUT2D eigenvalue weighted by molar-refractivity contribution is 6.33. The lowest BCUT2D eigenvalue weighted by Gasteiger charge is -2.28. The Kier molecular flexibility index (Phi) is 12.5. The number of carbonyl (C=O) groups is 5. The van der Waals surface area contributed by atoms with E-state index in [1.54, 1.807) is 38.1 Å². The minimum Gasteiger partial charge on any atom is -0.480 e. The fraction of sp³-hybridized carbons (Fsp3) is 0.237. The van der Waals surface area contributed by atoms with E-state index in [0.717, 1.165) is 24.3 Å².